The Morgan fingerprint density at radius 3 is 2.31 bits per heavy atom. The minimum absolute atomic E-state index is 0.000843. The maximum atomic E-state index is 12.6. The van der Waals surface area contributed by atoms with Gasteiger partial charge in [-0.05, 0) is 43.5 Å². The lowest BCUT2D eigenvalue weighted by Gasteiger charge is -2.31. The summed E-state index contributed by atoms with van der Waals surface area (Å²) in [5, 5.41) is 5.68. The Balaban J connectivity index is 1.78. The van der Waals surface area contributed by atoms with Crippen LogP contribution in [0.25, 0.3) is 0 Å². The summed E-state index contributed by atoms with van der Waals surface area (Å²) in [7, 11) is 0. The summed E-state index contributed by atoms with van der Waals surface area (Å²) in [4.78, 5) is 25.9. The highest BCUT2D eigenvalue weighted by atomic mass is 19.4. The predicted octanol–water partition coefficient (Wildman–Crippen LogP) is 2.43. The van der Waals surface area contributed by atoms with Crippen LogP contribution < -0.4 is 10.6 Å². The van der Waals surface area contributed by atoms with Crippen LogP contribution in [-0.4, -0.2) is 48.9 Å². The van der Waals surface area contributed by atoms with Gasteiger partial charge in [0.05, 0.1) is 12.1 Å². The summed E-state index contributed by atoms with van der Waals surface area (Å²) in [6.07, 6.45) is -2.12. The molecule has 8 heteroatoms. The van der Waals surface area contributed by atoms with E-state index in [4.69, 9.17) is 0 Å². The third kappa shape index (κ3) is 6.01. The molecule has 2 rings (SSSR count). The van der Waals surface area contributed by atoms with Crippen molar-refractivity contribution >= 4 is 11.8 Å². The van der Waals surface area contributed by atoms with Gasteiger partial charge in [0, 0.05) is 31.2 Å². The third-order valence-corrected chi connectivity index (χ3v) is 4.34. The van der Waals surface area contributed by atoms with Gasteiger partial charge in [-0.1, -0.05) is 6.92 Å². The molecule has 1 aliphatic rings. The fourth-order valence-corrected chi connectivity index (χ4v) is 2.84. The molecule has 1 aliphatic heterocycles. The first-order valence-corrected chi connectivity index (χ1v) is 8.76. The van der Waals surface area contributed by atoms with Gasteiger partial charge in [0.1, 0.15) is 0 Å². The number of nitrogens with zero attached hydrogens (tertiary/aromatic N) is 1. The van der Waals surface area contributed by atoms with E-state index in [9.17, 15) is 22.8 Å². The molecule has 5 nitrogen and oxygen atoms in total. The molecule has 144 valence electrons. The van der Waals surface area contributed by atoms with E-state index in [1.54, 1.807) is 0 Å². The van der Waals surface area contributed by atoms with Crippen molar-refractivity contribution in [3.05, 3.63) is 35.4 Å². The fraction of sp³-hybridized carbons (Fsp3) is 0.556. The maximum absolute atomic E-state index is 12.6. The van der Waals surface area contributed by atoms with E-state index >= 15 is 0 Å². The minimum atomic E-state index is -4.41. The summed E-state index contributed by atoms with van der Waals surface area (Å²) in [5.41, 5.74) is -0.567. The van der Waals surface area contributed by atoms with E-state index in [0.29, 0.717) is 39.0 Å². The van der Waals surface area contributed by atoms with Crippen LogP contribution in [0.5, 0.6) is 0 Å². The second-order valence-electron chi connectivity index (χ2n) is 6.45. The van der Waals surface area contributed by atoms with Crippen LogP contribution in [-0.2, 0) is 11.0 Å². The van der Waals surface area contributed by atoms with Crippen molar-refractivity contribution < 1.29 is 22.8 Å². The molecule has 0 spiro atoms. The second kappa shape index (κ2) is 9.02. The average Bonchev–Trinajstić information content (AvgIpc) is 2.61. The van der Waals surface area contributed by atoms with Crippen molar-refractivity contribution in [3.63, 3.8) is 0 Å². The van der Waals surface area contributed by atoms with Crippen LogP contribution in [0.3, 0.4) is 0 Å². The number of amides is 2. The summed E-state index contributed by atoms with van der Waals surface area (Å²) in [6, 6.07) is 4.15. The fourth-order valence-electron chi connectivity index (χ4n) is 2.84. The molecule has 0 aromatic heterocycles. The highest BCUT2D eigenvalue weighted by Crippen LogP contribution is 2.29. The van der Waals surface area contributed by atoms with Crippen molar-refractivity contribution in [2.45, 2.75) is 38.4 Å². The Labute approximate surface area is 150 Å². The molecule has 1 aromatic carbocycles. The summed E-state index contributed by atoms with van der Waals surface area (Å²) in [6.45, 7) is 4.39. The van der Waals surface area contributed by atoms with Crippen LogP contribution in [0.1, 0.15) is 42.1 Å². The molecule has 0 atom stereocenters. The monoisotopic (exact) mass is 371 g/mol. The molecule has 0 bridgehead atoms. The molecule has 1 fully saturated rings. The SMILES string of the molecule is CCCNC(=O)CN1CCC(NC(=O)c2ccc(C(F)(F)F)cc2)CC1. The molecular formula is C18H24F3N3O2. The van der Waals surface area contributed by atoms with E-state index in [1.807, 2.05) is 11.8 Å². The van der Waals surface area contributed by atoms with Crippen molar-refractivity contribution in [3.8, 4) is 0 Å². The Hall–Kier alpha value is -2.09. The normalized spacial score (nSPS) is 16.3. The van der Waals surface area contributed by atoms with Crippen LogP contribution in [0.4, 0.5) is 13.2 Å². The van der Waals surface area contributed by atoms with E-state index in [-0.39, 0.29) is 23.4 Å². The van der Waals surface area contributed by atoms with Crippen molar-refractivity contribution in [2.24, 2.45) is 0 Å². The molecular weight excluding hydrogens is 347 g/mol. The van der Waals surface area contributed by atoms with E-state index in [1.165, 1.54) is 12.1 Å². The Morgan fingerprint density at radius 2 is 1.77 bits per heavy atom. The highest BCUT2D eigenvalue weighted by molar-refractivity contribution is 5.94. The largest absolute Gasteiger partial charge is 0.416 e. The zero-order valence-electron chi connectivity index (χ0n) is 14.7. The third-order valence-electron chi connectivity index (χ3n) is 4.34. The van der Waals surface area contributed by atoms with Gasteiger partial charge >= 0.3 is 6.18 Å². The van der Waals surface area contributed by atoms with Crippen molar-refractivity contribution in [2.75, 3.05) is 26.2 Å². The van der Waals surface area contributed by atoms with Gasteiger partial charge < -0.3 is 10.6 Å². The number of carbonyl (C=O) groups is 2. The predicted molar refractivity (Wildman–Crippen MR) is 91.7 cm³/mol. The summed E-state index contributed by atoms with van der Waals surface area (Å²) in [5.74, 6) is -0.378. The molecule has 1 saturated heterocycles. The smallest absolute Gasteiger partial charge is 0.355 e. The van der Waals surface area contributed by atoms with E-state index in [0.717, 1.165) is 18.6 Å². The number of rotatable bonds is 6. The van der Waals surface area contributed by atoms with Gasteiger partial charge in [0.25, 0.3) is 5.91 Å². The van der Waals surface area contributed by atoms with Crippen LogP contribution in [0.15, 0.2) is 24.3 Å². The minimum Gasteiger partial charge on any atom is -0.355 e. The Morgan fingerprint density at radius 1 is 1.15 bits per heavy atom. The molecule has 0 radical (unpaired) electrons. The first-order valence-electron chi connectivity index (χ1n) is 8.76. The molecule has 1 heterocycles. The quantitative estimate of drug-likeness (QED) is 0.807. The number of hydrogen-bond donors (Lipinski definition) is 2. The first-order chi connectivity index (χ1) is 12.3. The number of halogens is 3. The van der Waals surface area contributed by atoms with Gasteiger partial charge in [-0.25, -0.2) is 0 Å². The lowest BCUT2D eigenvalue weighted by molar-refractivity contribution is -0.137. The number of likely N-dealkylation sites (tertiary alicyclic amines) is 1. The molecule has 0 saturated carbocycles. The summed E-state index contributed by atoms with van der Waals surface area (Å²) >= 11 is 0. The Bertz CT molecular complexity index is 609. The van der Waals surface area contributed by atoms with Gasteiger partial charge in [0.15, 0.2) is 0 Å². The molecule has 0 unspecified atom stereocenters. The lowest BCUT2D eigenvalue weighted by atomic mass is 10.0. The highest BCUT2D eigenvalue weighted by Gasteiger charge is 2.30. The first kappa shape index (κ1) is 20.2. The maximum Gasteiger partial charge on any atom is 0.416 e. The number of benzene rings is 1. The number of alkyl halides is 3. The number of piperidine rings is 1. The Kier molecular flexibility index (Phi) is 7.02. The van der Waals surface area contributed by atoms with Gasteiger partial charge in [-0.3, -0.25) is 14.5 Å². The molecule has 2 N–H and O–H groups in total. The standard InChI is InChI=1S/C18H24F3N3O2/c1-2-9-22-16(25)12-24-10-7-15(8-11-24)23-17(26)13-3-5-14(6-4-13)18(19,20)21/h3-6,15H,2,7-12H2,1H3,(H,22,25)(H,23,26). The van der Waals surface area contributed by atoms with Crippen molar-refractivity contribution in [1.29, 1.82) is 0 Å². The van der Waals surface area contributed by atoms with Crippen molar-refractivity contribution in [1.82, 2.24) is 15.5 Å². The van der Waals surface area contributed by atoms with E-state index in [2.05, 4.69) is 10.6 Å². The van der Waals surface area contributed by atoms with E-state index < -0.39 is 11.7 Å². The van der Waals surface area contributed by atoms with Gasteiger partial charge in [-0.15, -0.1) is 0 Å². The number of nitrogens with one attached hydrogen (secondary N) is 2. The van der Waals surface area contributed by atoms with Crippen LogP contribution in [0.2, 0.25) is 0 Å². The molecule has 0 aliphatic carbocycles. The van der Waals surface area contributed by atoms with Gasteiger partial charge in [-0.2, -0.15) is 13.2 Å². The molecule has 1 aromatic rings. The van der Waals surface area contributed by atoms with Gasteiger partial charge in [0.2, 0.25) is 5.91 Å². The zero-order valence-corrected chi connectivity index (χ0v) is 14.7. The average molecular weight is 371 g/mol. The molecule has 2 amide bonds. The van der Waals surface area contributed by atoms with Crippen LogP contribution >= 0.6 is 0 Å². The topological polar surface area (TPSA) is 61.4 Å². The zero-order chi connectivity index (χ0) is 19.2. The number of hydrogen-bond acceptors (Lipinski definition) is 3. The summed E-state index contributed by atoms with van der Waals surface area (Å²) < 4.78 is 37.7. The molecule has 26 heavy (non-hydrogen) atoms. The van der Waals surface area contributed by atoms with Crippen LogP contribution in [0, 0.1) is 0 Å². The number of carbonyl (C=O) groups excluding carboxylic acids is 2. The lowest BCUT2D eigenvalue weighted by Crippen LogP contribution is -2.47. The second-order valence-corrected chi connectivity index (χ2v) is 6.45.